The van der Waals surface area contributed by atoms with Gasteiger partial charge in [-0.2, -0.15) is 0 Å². The summed E-state index contributed by atoms with van der Waals surface area (Å²) in [5.74, 6) is -1.23. The van der Waals surface area contributed by atoms with Crippen LogP contribution < -0.4 is 5.32 Å². The zero-order valence-corrected chi connectivity index (χ0v) is 25.8. The normalized spacial score (nSPS) is 13.1. The van der Waals surface area contributed by atoms with Gasteiger partial charge in [0.05, 0.1) is 0 Å². The fourth-order valence-corrected chi connectivity index (χ4v) is 3.97. The summed E-state index contributed by atoms with van der Waals surface area (Å²) >= 11 is 0. The van der Waals surface area contributed by atoms with Crippen LogP contribution in [0.1, 0.15) is 96.0 Å². The number of nitrogens with one attached hydrogen (secondary N) is 1. The van der Waals surface area contributed by atoms with E-state index in [1.807, 2.05) is 12.1 Å². The molecular weight excluding hydrogens is 536 g/mol. The van der Waals surface area contributed by atoms with Gasteiger partial charge >= 0.3 is 5.97 Å². The fourth-order valence-electron chi connectivity index (χ4n) is 3.97. The molecule has 0 aliphatic heterocycles. The maximum absolute atomic E-state index is 12.2. The van der Waals surface area contributed by atoms with E-state index in [1.165, 1.54) is 0 Å². The first kappa shape index (κ1) is 37.0. The van der Waals surface area contributed by atoms with E-state index in [1.54, 1.807) is 30.6 Å². The molecule has 1 atom stereocenters. The Morgan fingerprint density at radius 2 is 1.37 bits per heavy atom. The first-order chi connectivity index (χ1) is 21.0. The van der Waals surface area contributed by atoms with Crippen molar-refractivity contribution in [1.29, 1.82) is 0 Å². The predicted molar refractivity (Wildman–Crippen MR) is 178 cm³/mol. The second kappa shape index (κ2) is 26.8. The summed E-state index contributed by atoms with van der Waals surface area (Å²) < 4.78 is 0. The fraction of sp³-hybridized carbons (Fsp3) is 0.405. The summed E-state index contributed by atoms with van der Waals surface area (Å²) in [7, 11) is 0. The number of allylic oxidation sites excluding steroid dienone is 12. The van der Waals surface area contributed by atoms with Crippen molar-refractivity contribution in [2.75, 3.05) is 0 Å². The number of pyridine rings is 1. The molecule has 0 aliphatic rings. The smallest absolute Gasteiger partial charge is 0.326 e. The topological polar surface area (TPSA) is 96.4 Å². The van der Waals surface area contributed by atoms with Gasteiger partial charge in [0.2, 0.25) is 5.91 Å². The SMILES string of the molecule is CC/C=C\C/C=C\C/C=C\C/C=C\C/C=C\C/C=C\CCC(=O)CCCC[C@H](NC(=O)C/C=C/c1cccnc1)C(=O)O. The number of hydrogen-bond donors (Lipinski definition) is 2. The standard InChI is InChI=1S/C37H50N2O4/c1-2-3-4-5-6-7-8-9-10-11-12-13-14-15-16-17-18-19-20-27-34(40)28-21-22-29-35(37(42)43)39-36(41)30-23-25-33-26-24-31-38-32-33/h3-4,6-7,9-10,12-13,15-16,18-19,23-26,31-32,35H,2,5,8,11,14,17,20-22,27-30H2,1H3,(H,39,41)(H,42,43)/b4-3-,7-6-,10-9-,13-12-,16-15-,19-18-,25-23+/t35-/m0/s1. The second-order valence-corrected chi connectivity index (χ2v) is 10.1. The van der Waals surface area contributed by atoms with Crippen LogP contribution >= 0.6 is 0 Å². The number of unbranched alkanes of at least 4 members (excludes halogenated alkanes) is 1. The summed E-state index contributed by atoms with van der Waals surface area (Å²) in [5.41, 5.74) is 0.871. The van der Waals surface area contributed by atoms with Crippen molar-refractivity contribution in [2.45, 2.75) is 96.4 Å². The van der Waals surface area contributed by atoms with E-state index in [-0.39, 0.29) is 18.1 Å². The van der Waals surface area contributed by atoms with Crippen LogP contribution in [0.5, 0.6) is 0 Å². The highest BCUT2D eigenvalue weighted by Gasteiger charge is 2.18. The number of aliphatic carboxylic acids is 1. The van der Waals surface area contributed by atoms with Gasteiger partial charge in [-0.25, -0.2) is 4.79 Å². The molecule has 1 rings (SSSR count). The molecule has 1 aromatic rings. The number of carbonyl (C=O) groups excluding carboxylic acids is 2. The molecule has 0 spiro atoms. The summed E-state index contributed by atoms with van der Waals surface area (Å²) in [6, 6.07) is 2.72. The molecule has 43 heavy (non-hydrogen) atoms. The molecule has 2 N–H and O–H groups in total. The number of carbonyl (C=O) groups is 3. The Morgan fingerprint density at radius 3 is 1.91 bits per heavy atom. The van der Waals surface area contributed by atoms with Crippen LogP contribution in [0.2, 0.25) is 0 Å². The lowest BCUT2D eigenvalue weighted by atomic mass is 10.0. The summed E-state index contributed by atoms with van der Waals surface area (Å²) in [6.07, 6.45) is 41.7. The molecule has 0 bridgehead atoms. The molecule has 232 valence electrons. The molecule has 0 fully saturated rings. The van der Waals surface area contributed by atoms with E-state index in [0.717, 1.165) is 44.1 Å². The van der Waals surface area contributed by atoms with Crippen LogP contribution in [0.15, 0.2) is 104 Å². The number of amides is 1. The van der Waals surface area contributed by atoms with Gasteiger partial charge in [0.15, 0.2) is 0 Å². The van der Waals surface area contributed by atoms with Crippen molar-refractivity contribution in [3.63, 3.8) is 0 Å². The number of carboxylic acid groups (broad SMARTS) is 1. The Kier molecular flexibility index (Phi) is 23.1. The van der Waals surface area contributed by atoms with Crippen molar-refractivity contribution < 1.29 is 19.5 Å². The monoisotopic (exact) mass is 586 g/mol. The van der Waals surface area contributed by atoms with Gasteiger partial charge in [-0.1, -0.05) is 104 Å². The van der Waals surface area contributed by atoms with Crippen molar-refractivity contribution in [3.8, 4) is 0 Å². The van der Waals surface area contributed by atoms with Crippen LogP contribution in [0.4, 0.5) is 0 Å². The third kappa shape index (κ3) is 23.2. The lowest BCUT2D eigenvalue weighted by Gasteiger charge is -2.13. The number of ketones is 1. The van der Waals surface area contributed by atoms with Crippen molar-refractivity contribution in [1.82, 2.24) is 10.3 Å². The van der Waals surface area contributed by atoms with Crippen LogP contribution in [0.25, 0.3) is 6.08 Å². The summed E-state index contributed by atoms with van der Waals surface area (Å²) in [5, 5.41) is 12.0. The number of Topliss-reactive ketones (excluding diaryl/α,β-unsaturated/α-hetero) is 1. The maximum atomic E-state index is 12.2. The Hall–Kier alpha value is -4.06. The molecule has 0 saturated heterocycles. The van der Waals surface area contributed by atoms with Gasteiger partial charge < -0.3 is 10.4 Å². The first-order valence-electron chi connectivity index (χ1n) is 15.5. The van der Waals surface area contributed by atoms with E-state index in [2.05, 4.69) is 84.1 Å². The minimum Gasteiger partial charge on any atom is -0.480 e. The molecule has 6 nitrogen and oxygen atoms in total. The van der Waals surface area contributed by atoms with E-state index < -0.39 is 12.0 Å². The highest BCUT2D eigenvalue weighted by Crippen LogP contribution is 2.08. The Morgan fingerprint density at radius 1 is 0.791 bits per heavy atom. The number of hydrogen-bond acceptors (Lipinski definition) is 4. The Labute approximate surface area is 258 Å². The molecule has 0 unspecified atom stereocenters. The summed E-state index contributed by atoms with van der Waals surface area (Å²) in [6.45, 7) is 2.14. The van der Waals surface area contributed by atoms with Crippen LogP contribution in [-0.2, 0) is 14.4 Å². The average Bonchev–Trinajstić information content (AvgIpc) is 3.00. The lowest BCUT2D eigenvalue weighted by Crippen LogP contribution is -2.40. The molecule has 0 saturated carbocycles. The average molecular weight is 587 g/mol. The van der Waals surface area contributed by atoms with Crippen LogP contribution in [0.3, 0.4) is 0 Å². The Bertz CT molecular complexity index is 1110. The van der Waals surface area contributed by atoms with Gasteiger partial charge in [-0.15, -0.1) is 0 Å². The van der Waals surface area contributed by atoms with E-state index in [4.69, 9.17) is 0 Å². The quantitative estimate of drug-likeness (QED) is 0.0933. The third-order valence-corrected chi connectivity index (χ3v) is 6.32. The van der Waals surface area contributed by atoms with Crippen LogP contribution in [0, 0.1) is 0 Å². The van der Waals surface area contributed by atoms with Crippen molar-refractivity contribution in [2.24, 2.45) is 0 Å². The third-order valence-electron chi connectivity index (χ3n) is 6.32. The lowest BCUT2D eigenvalue weighted by molar-refractivity contribution is -0.141. The Balaban J connectivity index is 2.08. The minimum atomic E-state index is -1.06. The predicted octanol–water partition coefficient (Wildman–Crippen LogP) is 8.66. The molecule has 0 aromatic carbocycles. The maximum Gasteiger partial charge on any atom is 0.326 e. The molecular formula is C37H50N2O4. The van der Waals surface area contributed by atoms with Gasteiger partial charge in [0, 0.05) is 31.7 Å². The minimum absolute atomic E-state index is 0.0890. The summed E-state index contributed by atoms with van der Waals surface area (Å²) in [4.78, 5) is 39.8. The molecule has 6 heteroatoms. The molecule has 1 amide bonds. The van der Waals surface area contributed by atoms with Gasteiger partial charge in [-0.3, -0.25) is 14.6 Å². The van der Waals surface area contributed by atoms with E-state index in [0.29, 0.717) is 38.5 Å². The van der Waals surface area contributed by atoms with Gasteiger partial charge in [0.25, 0.3) is 0 Å². The van der Waals surface area contributed by atoms with Gasteiger partial charge in [0.1, 0.15) is 11.8 Å². The molecule has 1 heterocycles. The zero-order valence-electron chi connectivity index (χ0n) is 25.8. The van der Waals surface area contributed by atoms with Crippen molar-refractivity contribution in [3.05, 3.63) is 109 Å². The number of nitrogens with zero attached hydrogens (tertiary/aromatic N) is 1. The van der Waals surface area contributed by atoms with E-state index >= 15 is 0 Å². The highest BCUT2D eigenvalue weighted by atomic mass is 16.4. The van der Waals surface area contributed by atoms with Gasteiger partial charge in [-0.05, 0) is 69.4 Å². The number of aromatic nitrogens is 1. The van der Waals surface area contributed by atoms with Crippen LogP contribution in [-0.4, -0.2) is 33.8 Å². The van der Waals surface area contributed by atoms with E-state index in [9.17, 15) is 19.5 Å². The first-order valence-corrected chi connectivity index (χ1v) is 15.5. The number of rotatable bonds is 24. The largest absolute Gasteiger partial charge is 0.480 e. The van der Waals surface area contributed by atoms with Crippen molar-refractivity contribution >= 4 is 23.7 Å². The second-order valence-electron chi connectivity index (χ2n) is 10.1. The molecule has 0 aliphatic carbocycles. The molecule has 1 aromatic heterocycles. The zero-order chi connectivity index (χ0) is 31.2. The number of carboxylic acids is 1. The highest BCUT2D eigenvalue weighted by molar-refractivity contribution is 5.84. The molecule has 0 radical (unpaired) electrons.